The summed E-state index contributed by atoms with van der Waals surface area (Å²) in [6.07, 6.45) is -3.64. The van der Waals surface area contributed by atoms with Crippen molar-refractivity contribution in [3.8, 4) is 5.75 Å². The molecule has 2 heterocycles. The zero-order valence-electron chi connectivity index (χ0n) is 40.0. The maximum absolute atomic E-state index is 14.6. The van der Waals surface area contributed by atoms with E-state index in [2.05, 4.69) is 16.0 Å². The molecule has 17 nitrogen and oxygen atoms in total. The molecule has 2 aliphatic rings. The highest BCUT2D eigenvalue weighted by Crippen LogP contribution is 2.26. The van der Waals surface area contributed by atoms with Gasteiger partial charge in [-0.05, 0) is 68.6 Å². The monoisotopic (exact) mass is 900 g/mol. The van der Waals surface area contributed by atoms with Crippen molar-refractivity contribution in [3.63, 3.8) is 0 Å². The van der Waals surface area contributed by atoms with Crippen LogP contribution in [0.1, 0.15) is 114 Å². The van der Waals surface area contributed by atoms with Crippen molar-refractivity contribution >= 4 is 47.3 Å². The van der Waals surface area contributed by atoms with Crippen molar-refractivity contribution in [2.75, 3.05) is 20.7 Å². The number of aliphatic hydroxyl groups excluding tert-OH is 1. The highest BCUT2D eigenvalue weighted by molar-refractivity contribution is 6.05. The molecule has 2 saturated heterocycles. The number of carbonyl (C=O) groups is 8. The summed E-state index contributed by atoms with van der Waals surface area (Å²) >= 11 is 0. The third-order valence-electron chi connectivity index (χ3n) is 12.2. The number of hydrogen-bond acceptors (Lipinski definition) is 12. The molecule has 0 unspecified atom stereocenters. The van der Waals surface area contributed by atoms with Gasteiger partial charge in [-0.3, -0.25) is 33.6 Å². The average Bonchev–Trinajstić information content (AvgIpc) is 3.73. The standard InChI is InChI=1S/C47H73N5O12/c1-14-27(6)37-35(53)24-36(54)64-40(26(4)5)39(55)28(7)41(56)48-32(22-25(2)3)43(58)52-21-15-16-33(52)44(59)51(12)34(23-30-17-19-31(62-13)20-18-30)45(60)63-29(8)38(42(57)49-37)50-46(61)47(9,10)11/h17-20,25-29,32-35,37-38,40,53H,14-16,21-24H2,1-13H3,(H,48,56)(H,49,57)(H,50,61)/t27-,28-,29+,32-,33-,34-,35-,37+,38-,40-/m0/s1. The molecule has 0 spiro atoms. The Bertz CT molecular complexity index is 1830. The molecule has 2 fully saturated rings. The van der Waals surface area contributed by atoms with Crippen LogP contribution in [-0.4, -0.2) is 131 Å². The van der Waals surface area contributed by atoms with Gasteiger partial charge in [0.15, 0.2) is 11.9 Å². The number of nitrogens with one attached hydrogen (secondary N) is 3. The second-order valence-corrected chi connectivity index (χ2v) is 19.2. The van der Waals surface area contributed by atoms with Gasteiger partial charge in [-0.2, -0.15) is 0 Å². The van der Waals surface area contributed by atoms with Crippen molar-refractivity contribution in [1.82, 2.24) is 25.8 Å². The number of Topliss-reactive ketones (excluding diaryl/α,β-unsaturated/α-hetero) is 1. The molecular weight excluding hydrogens is 827 g/mol. The number of benzene rings is 1. The molecule has 10 atom stereocenters. The molecule has 3 rings (SSSR count). The maximum atomic E-state index is 14.6. The predicted molar refractivity (Wildman–Crippen MR) is 237 cm³/mol. The van der Waals surface area contributed by atoms with Crippen LogP contribution in [-0.2, 0) is 54.3 Å². The van der Waals surface area contributed by atoms with Gasteiger partial charge in [0.25, 0.3) is 0 Å². The lowest BCUT2D eigenvalue weighted by molar-refractivity contribution is -0.163. The number of ether oxygens (including phenoxy) is 3. The van der Waals surface area contributed by atoms with Gasteiger partial charge >= 0.3 is 11.9 Å². The Morgan fingerprint density at radius 1 is 0.938 bits per heavy atom. The molecule has 1 aromatic carbocycles. The number of carbonyl (C=O) groups excluding carboxylic acids is 8. The van der Waals surface area contributed by atoms with Gasteiger partial charge in [0.1, 0.15) is 36.0 Å². The summed E-state index contributed by atoms with van der Waals surface area (Å²) in [5, 5.41) is 19.8. The zero-order chi connectivity index (χ0) is 48.4. The first-order valence-corrected chi connectivity index (χ1v) is 22.6. The van der Waals surface area contributed by atoms with E-state index in [1.165, 1.54) is 37.8 Å². The summed E-state index contributed by atoms with van der Waals surface area (Å²) in [7, 11) is 2.95. The number of esters is 2. The van der Waals surface area contributed by atoms with E-state index in [0.29, 0.717) is 24.2 Å². The maximum Gasteiger partial charge on any atom is 0.329 e. The van der Waals surface area contributed by atoms with E-state index in [1.54, 1.807) is 65.8 Å². The molecule has 17 heteroatoms. The Morgan fingerprint density at radius 2 is 1.56 bits per heavy atom. The number of methoxy groups -OCH3 is 1. The minimum atomic E-state index is -1.54. The molecule has 0 aromatic heterocycles. The molecule has 5 amide bonds. The van der Waals surface area contributed by atoms with E-state index in [0.717, 1.165) is 0 Å². The minimum Gasteiger partial charge on any atom is -0.497 e. The Hall–Kier alpha value is -5.06. The Labute approximate surface area is 378 Å². The van der Waals surface area contributed by atoms with Gasteiger partial charge in [-0.15, -0.1) is 0 Å². The molecule has 0 saturated carbocycles. The van der Waals surface area contributed by atoms with Crippen LogP contribution in [0.4, 0.5) is 0 Å². The molecule has 64 heavy (non-hydrogen) atoms. The first-order valence-electron chi connectivity index (χ1n) is 22.6. The van der Waals surface area contributed by atoms with E-state index in [9.17, 15) is 43.5 Å². The number of rotatable bonds is 9. The first kappa shape index (κ1) is 53.3. The van der Waals surface area contributed by atoms with Crippen molar-refractivity contribution < 1.29 is 57.7 Å². The van der Waals surface area contributed by atoms with Crippen LogP contribution in [0.2, 0.25) is 0 Å². The van der Waals surface area contributed by atoms with Crippen molar-refractivity contribution in [1.29, 1.82) is 0 Å². The van der Waals surface area contributed by atoms with Crippen LogP contribution in [0.15, 0.2) is 24.3 Å². The van der Waals surface area contributed by atoms with Crippen molar-refractivity contribution in [2.24, 2.45) is 29.1 Å². The summed E-state index contributed by atoms with van der Waals surface area (Å²) in [5.41, 5.74) is -0.359. The summed E-state index contributed by atoms with van der Waals surface area (Å²) in [5.74, 6) is -7.74. The molecule has 358 valence electrons. The van der Waals surface area contributed by atoms with Gasteiger partial charge < -0.3 is 45.1 Å². The van der Waals surface area contributed by atoms with Crippen LogP contribution < -0.4 is 20.7 Å². The molecule has 4 N–H and O–H groups in total. The second kappa shape index (κ2) is 23.2. The normalized spacial score (nSPS) is 28.2. The van der Waals surface area contributed by atoms with Gasteiger partial charge in [0.2, 0.25) is 29.5 Å². The Morgan fingerprint density at radius 3 is 2.11 bits per heavy atom. The second-order valence-electron chi connectivity index (χ2n) is 19.2. The molecule has 1 aromatic rings. The third kappa shape index (κ3) is 14.0. The van der Waals surface area contributed by atoms with Crippen LogP contribution in [0.25, 0.3) is 0 Å². The van der Waals surface area contributed by atoms with E-state index in [1.807, 2.05) is 20.8 Å². The lowest BCUT2D eigenvalue weighted by Gasteiger charge is -2.35. The smallest absolute Gasteiger partial charge is 0.329 e. The van der Waals surface area contributed by atoms with Gasteiger partial charge in [0.05, 0.1) is 31.6 Å². The fourth-order valence-electron chi connectivity index (χ4n) is 7.82. The largest absolute Gasteiger partial charge is 0.497 e. The van der Waals surface area contributed by atoms with E-state index >= 15 is 0 Å². The number of likely N-dealkylation sites (N-methyl/N-ethyl adjacent to an activating group) is 1. The predicted octanol–water partition coefficient (Wildman–Crippen LogP) is 3.12. The van der Waals surface area contributed by atoms with Crippen molar-refractivity contribution in [2.45, 2.75) is 163 Å². The Kier molecular flexibility index (Phi) is 19.3. The van der Waals surface area contributed by atoms with Crippen LogP contribution >= 0.6 is 0 Å². The number of hydrogen-bond donors (Lipinski definition) is 4. The summed E-state index contributed by atoms with van der Waals surface area (Å²) in [4.78, 5) is 115. The van der Waals surface area contributed by atoms with Gasteiger partial charge in [-0.25, -0.2) is 4.79 Å². The molecule has 0 radical (unpaired) electrons. The topological polar surface area (TPSA) is 227 Å². The molecule has 2 aliphatic heterocycles. The van der Waals surface area contributed by atoms with E-state index in [-0.39, 0.29) is 31.7 Å². The zero-order valence-corrected chi connectivity index (χ0v) is 40.0. The van der Waals surface area contributed by atoms with Gasteiger partial charge in [0, 0.05) is 25.4 Å². The average molecular weight is 900 g/mol. The highest BCUT2D eigenvalue weighted by atomic mass is 16.6. The number of amides is 5. The first-order chi connectivity index (χ1) is 29.8. The fraction of sp³-hybridized carbons (Fsp3) is 0.702. The number of nitrogens with zero attached hydrogens (tertiary/aromatic N) is 2. The van der Waals surface area contributed by atoms with E-state index in [4.69, 9.17) is 14.2 Å². The van der Waals surface area contributed by atoms with Crippen molar-refractivity contribution in [3.05, 3.63) is 29.8 Å². The van der Waals surface area contributed by atoms with Crippen LogP contribution in [0, 0.1) is 29.1 Å². The SMILES string of the molecule is CC[C@H](C)[C@H]1NC(=O)[C@@H](NC(=O)C(C)(C)C)[C@@H](C)OC(=O)[C@H](Cc2ccc(OC)cc2)N(C)C(=O)[C@@H]2CCCN2C(=O)[C@H](CC(C)C)NC(=O)[C@@H](C)C(=O)[C@H](C(C)C)OC(=O)C[C@@H]1O. The molecule has 0 bridgehead atoms. The number of ketones is 1. The number of fused-ring (bicyclic) bond motifs is 1. The summed E-state index contributed by atoms with van der Waals surface area (Å²) < 4.78 is 17.0. The highest BCUT2D eigenvalue weighted by Gasteiger charge is 2.44. The lowest BCUT2D eigenvalue weighted by Crippen LogP contribution is -2.60. The Balaban J connectivity index is 2.22. The number of cyclic esters (lactones) is 2. The summed E-state index contributed by atoms with van der Waals surface area (Å²) in [6, 6.07) is 0.821. The van der Waals surface area contributed by atoms with Crippen LogP contribution in [0.5, 0.6) is 5.75 Å². The fourth-order valence-corrected chi connectivity index (χ4v) is 7.82. The van der Waals surface area contributed by atoms with Gasteiger partial charge in [-0.1, -0.05) is 80.9 Å². The van der Waals surface area contributed by atoms with E-state index < -0.39 is 125 Å². The molecular formula is C47H73N5O12. The quantitative estimate of drug-likeness (QED) is 0.207. The number of aliphatic hydroxyl groups is 1. The molecule has 0 aliphatic carbocycles. The third-order valence-corrected chi connectivity index (χ3v) is 12.2. The lowest BCUT2D eigenvalue weighted by atomic mass is 9.91. The van der Waals surface area contributed by atoms with Crippen LogP contribution in [0.3, 0.4) is 0 Å². The summed E-state index contributed by atoms with van der Waals surface area (Å²) in [6.45, 7) is 18.5. The minimum absolute atomic E-state index is 0.0443.